The first-order chi connectivity index (χ1) is 7.43. The van der Waals surface area contributed by atoms with Crippen LogP contribution in [0.4, 0.5) is 5.82 Å². The lowest BCUT2D eigenvalue weighted by Crippen LogP contribution is -2.26. The van der Waals surface area contributed by atoms with Gasteiger partial charge in [-0.3, -0.25) is 4.98 Å². The summed E-state index contributed by atoms with van der Waals surface area (Å²) in [5.41, 5.74) is 1.32. The Balaban J connectivity index is 1.88. The van der Waals surface area contributed by atoms with Gasteiger partial charge in [0.2, 0.25) is 0 Å². The summed E-state index contributed by atoms with van der Waals surface area (Å²) in [5, 5.41) is 7.64. The van der Waals surface area contributed by atoms with Crippen molar-refractivity contribution in [1.29, 1.82) is 0 Å². The van der Waals surface area contributed by atoms with Gasteiger partial charge in [-0.25, -0.2) is 4.68 Å². The number of nitrogens with one attached hydrogen (secondary N) is 1. The molecule has 0 amide bonds. The highest BCUT2D eigenvalue weighted by Gasteiger charge is 2.19. The number of fused-ring (bicyclic) bond motifs is 1. The Labute approximate surface area is 88.0 Å². The summed E-state index contributed by atoms with van der Waals surface area (Å²) >= 11 is 0. The van der Waals surface area contributed by atoms with Gasteiger partial charge < -0.3 is 5.32 Å². The Hall–Kier alpha value is -1.84. The second-order valence-corrected chi connectivity index (χ2v) is 3.76. The fraction of sp³-hybridized carbons (Fsp3) is 0.273. The van der Waals surface area contributed by atoms with Crippen LogP contribution < -0.4 is 5.32 Å². The van der Waals surface area contributed by atoms with Gasteiger partial charge in [0, 0.05) is 30.9 Å². The summed E-state index contributed by atoms with van der Waals surface area (Å²) < 4.78 is 2.01. The Morgan fingerprint density at radius 2 is 2.07 bits per heavy atom. The zero-order chi connectivity index (χ0) is 10.1. The summed E-state index contributed by atoms with van der Waals surface area (Å²) in [7, 11) is 0. The Morgan fingerprint density at radius 1 is 1.20 bits per heavy atom. The quantitative estimate of drug-likeness (QED) is 0.758. The van der Waals surface area contributed by atoms with Crippen molar-refractivity contribution >= 4 is 5.82 Å². The highest BCUT2D eigenvalue weighted by Crippen LogP contribution is 2.23. The molecular formula is C11H12N4. The fourth-order valence-corrected chi connectivity index (χ4v) is 1.99. The summed E-state index contributed by atoms with van der Waals surface area (Å²) in [6.45, 7) is 1.91. The normalized spacial score (nSPS) is 19.3. The lowest BCUT2D eigenvalue weighted by molar-refractivity contribution is 0.505. The highest BCUT2D eigenvalue weighted by atomic mass is 15.3. The van der Waals surface area contributed by atoms with E-state index in [2.05, 4.69) is 27.5 Å². The van der Waals surface area contributed by atoms with Gasteiger partial charge in [0.1, 0.15) is 5.82 Å². The smallest absolute Gasteiger partial charge is 0.124 e. The van der Waals surface area contributed by atoms with Crippen LogP contribution in [0.2, 0.25) is 0 Å². The number of pyridine rings is 1. The number of hydrogen-bond donors (Lipinski definition) is 1. The van der Waals surface area contributed by atoms with Crippen LogP contribution in [0.5, 0.6) is 0 Å². The zero-order valence-electron chi connectivity index (χ0n) is 8.30. The van der Waals surface area contributed by atoms with Gasteiger partial charge in [0.15, 0.2) is 0 Å². The van der Waals surface area contributed by atoms with Gasteiger partial charge in [-0.2, -0.15) is 5.10 Å². The monoisotopic (exact) mass is 200 g/mol. The Kier molecular flexibility index (Phi) is 1.91. The van der Waals surface area contributed by atoms with E-state index in [4.69, 9.17) is 0 Å². The molecule has 2 aromatic rings. The molecule has 0 bridgehead atoms. The van der Waals surface area contributed by atoms with Gasteiger partial charge in [0.05, 0.1) is 12.7 Å². The molecule has 0 aliphatic carbocycles. The molecule has 1 aliphatic heterocycles. The summed E-state index contributed by atoms with van der Waals surface area (Å²) in [5.74, 6) is 1.60. The molecule has 15 heavy (non-hydrogen) atoms. The van der Waals surface area contributed by atoms with Crippen molar-refractivity contribution < 1.29 is 0 Å². The first kappa shape index (κ1) is 8.47. The van der Waals surface area contributed by atoms with E-state index in [1.807, 2.05) is 29.3 Å². The van der Waals surface area contributed by atoms with Crippen LogP contribution >= 0.6 is 0 Å². The molecule has 1 atom stereocenters. The first-order valence-corrected chi connectivity index (χ1v) is 5.09. The van der Waals surface area contributed by atoms with Crippen LogP contribution in [0.25, 0.3) is 0 Å². The van der Waals surface area contributed by atoms with Gasteiger partial charge in [-0.15, -0.1) is 0 Å². The van der Waals surface area contributed by atoms with E-state index in [9.17, 15) is 0 Å². The molecule has 4 heteroatoms. The van der Waals surface area contributed by atoms with E-state index in [0.29, 0.717) is 5.92 Å². The van der Waals surface area contributed by atoms with Crippen molar-refractivity contribution in [2.24, 2.45) is 0 Å². The highest BCUT2D eigenvalue weighted by molar-refractivity contribution is 5.37. The van der Waals surface area contributed by atoms with Gasteiger partial charge in [0.25, 0.3) is 0 Å². The third-order valence-electron chi connectivity index (χ3n) is 2.82. The van der Waals surface area contributed by atoms with Crippen LogP contribution in [0.15, 0.2) is 36.8 Å². The minimum absolute atomic E-state index is 0.486. The summed E-state index contributed by atoms with van der Waals surface area (Å²) in [6.07, 6.45) is 5.51. The molecule has 0 aromatic carbocycles. The molecule has 76 valence electrons. The molecule has 1 N–H and O–H groups in total. The second kappa shape index (κ2) is 3.38. The van der Waals surface area contributed by atoms with E-state index in [0.717, 1.165) is 18.9 Å². The van der Waals surface area contributed by atoms with Gasteiger partial charge in [-0.05, 0) is 17.7 Å². The first-order valence-electron chi connectivity index (χ1n) is 5.09. The maximum absolute atomic E-state index is 4.27. The summed E-state index contributed by atoms with van der Waals surface area (Å²) in [4.78, 5) is 4.03. The molecule has 0 spiro atoms. The largest absolute Gasteiger partial charge is 0.370 e. The van der Waals surface area contributed by atoms with E-state index in [1.165, 1.54) is 5.56 Å². The molecule has 3 heterocycles. The van der Waals surface area contributed by atoms with Crippen LogP contribution in [-0.2, 0) is 6.54 Å². The van der Waals surface area contributed by atoms with Crippen molar-refractivity contribution in [1.82, 2.24) is 14.8 Å². The third-order valence-corrected chi connectivity index (χ3v) is 2.82. The topological polar surface area (TPSA) is 42.7 Å². The molecule has 1 aliphatic rings. The lowest BCUT2D eigenvalue weighted by atomic mass is 9.99. The average Bonchev–Trinajstić information content (AvgIpc) is 2.77. The molecule has 0 saturated carbocycles. The van der Waals surface area contributed by atoms with E-state index < -0.39 is 0 Å². The van der Waals surface area contributed by atoms with Crippen LogP contribution in [-0.4, -0.2) is 21.3 Å². The third kappa shape index (κ3) is 1.48. The van der Waals surface area contributed by atoms with Gasteiger partial charge in [-0.1, -0.05) is 0 Å². The number of anilines is 1. The average molecular weight is 200 g/mol. The van der Waals surface area contributed by atoms with E-state index >= 15 is 0 Å². The number of aromatic nitrogens is 3. The maximum Gasteiger partial charge on any atom is 0.124 e. The molecule has 0 saturated heterocycles. The predicted octanol–water partition coefficient (Wildman–Crippen LogP) is 1.49. The maximum atomic E-state index is 4.27. The number of nitrogens with zero attached hydrogens (tertiary/aromatic N) is 3. The summed E-state index contributed by atoms with van der Waals surface area (Å²) in [6, 6.07) is 6.14. The van der Waals surface area contributed by atoms with E-state index in [1.54, 1.807) is 0 Å². The molecule has 0 radical (unpaired) electrons. The molecule has 0 fully saturated rings. The van der Waals surface area contributed by atoms with Crippen molar-refractivity contribution in [3.05, 3.63) is 42.4 Å². The van der Waals surface area contributed by atoms with Crippen molar-refractivity contribution in [2.75, 3.05) is 11.9 Å². The van der Waals surface area contributed by atoms with Crippen LogP contribution in [0.3, 0.4) is 0 Å². The number of rotatable bonds is 1. The Bertz CT molecular complexity index is 449. The van der Waals surface area contributed by atoms with Crippen molar-refractivity contribution in [3.63, 3.8) is 0 Å². The standard InChI is InChI=1S/C11H12N4/c1-4-12-5-2-9(1)10-7-13-11-3-6-14-15(11)8-10/h1-6,10,13H,7-8H2. The SMILES string of the molecule is c1cc(C2CNc3ccnn3C2)ccn1. The minimum Gasteiger partial charge on any atom is -0.370 e. The molecular weight excluding hydrogens is 188 g/mol. The molecule has 4 nitrogen and oxygen atoms in total. The zero-order valence-corrected chi connectivity index (χ0v) is 8.30. The fourth-order valence-electron chi connectivity index (χ4n) is 1.99. The minimum atomic E-state index is 0.486. The van der Waals surface area contributed by atoms with E-state index in [-0.39, 0.29) is 0 Å². The predicted molar refractivity (Wildman–Crippen MR) is 57.7 cm³/mol. The van der Waals surface area contributed by atoms with Crippen molar-refractivity contribution in [2.45, 2.75) is 12.5 Å². The molecule has 3 rings (SSSR count). The lowest BCUT2D eigenvalue weighted by Gasteiger charge is -2.25. The van der Waals surface area contributed by atoms with Crippen LogP contribution in [0.1, 0.15) is 11.5 Å². The van der Waals surface area contributed by atoms with Crippen molar-refractivity contribution in [3.8, 4) is 0 Å². The Morgan fingerprint density at radius 3 is 2.93 bits per heavy atom. The van der Waals surface area contributed by atoms with Crippen LogP contribution in [0, 0.1) is 0 Å². The van der Waals surface area contributed by atoms with Gasteiger partial charge >= 0.3 is 0 Å². The molecule has 2 aromatic heterocycles. The number of hydrogen-bond acceptors (Lipinski definition) is 3. The molecule has 1 unspecified atom stereocenters. The second-order valence-electron chi connectivity index (χ2n) is 3.76.